The molecule has 0 bridgehead atoms. The first-order valence-corrected chi connectivity index (χ1v) is 6.74. The molecule has 0 spiro atoms. The second-order valence-electron chi connectivity index (χ2n) is 5.07. The molecule has 0 amide bonds. The summed E-state index contributed by atoms with van der Waals surface area (Å²) < 4.78 is 3.26. The molecule has 7 heteroatoms. The molecule has 0 unspecified atom stereocenters. The van der Waals surface area contributed by atoms with Crippen LogP contribution in [0, 0.1) is 0 Å². The molecule has 108 valence electrons. The Bertz CT molecular complexity index is 695. The van der Waals surface area contributed by atoms with Gasteiger partial charge in [0.05, 0.1) is 5.69 Å². The highest BCUT2D eigenvalue weighted by Crippen LogP contribution is 2.05. The summed E-state index contributed by atoms with van der Waals surface area (Å²) in [5.74, 6) is 0. The van der Waals surface area contributed by atoms with Gasteiger partial charge in [-0.1, -0.05) is 12.1 Å². The summed E-state index contributed by atoms with van der Waals surface area (Å²) in [6, 6.07) is 0.226. The Morgan fingerprint density at radius 3 is 2.65 bits per heavy atom. The highest BCUT2D eigenvalue weighted by Gasteiger charge is 2.09. The van der Waals surface area contributed by atoms with Crippen molar-refractivity contribution in [1.29, 1.82) is 0 Å². The zero-order chi connectivity index (χ0) is 14.7. The molecule has 0 aliphatic heterocycles. The average Bonchev–Trinajstić information content (AvgIpc) is 2.84. The summed E-state index contributed by atoms with van der Waals surface area (Å²) in [4.78, 5) is 25.8. The van der Waals surface area contributed by atoms with Crippen molar-refractivity contribution in [3.8, 4) is 0 Å². The van der Waals surface area contributed by atoms with Crippen LogP contribution in [-0.4, -0.2) is 24.5 Å². The maximum Gasteiger partial charge on any atom is 0.328 e. The summed E-state index contributed by atoms with van der Waals surface area (Å²) in [6.07, 6.45) is 4.62. The number of nitrogens with one attached hydrogen (secondary N) is 1. The van der Waals surface area contributed by atoms with Crippen LogP contribution in [-0.2, 0) is 13.0 Å². The van der Waals surface area contributed by atoms with Gasteiger partial charge in [0.2, 0.25) is 0 Å². The van der Waals surface area contributed by atoms with Crippen LogP contribution in [0.2, 0.25) is 0 Å². The zero-order valence-corrected chi connectivity index (χ0v) is 12.0. The van der Waals surface area contributed by atoms with Crippen molar-refractivity contribution in [1.82, 2.24) is 24.5 Å². The molecule has 2 aromatic rings. The number of hydrogen-bond acceptors (Lipinski definition) is 4. The van der Waals surface area contributed by atoms with Crippen LogP contribution >= 0.6 is 0 Å². The standard InChI is InChI=1S/C13H19N5O2/c1-4-5-17-7-10(12(19)14-13(17)20)6-11-8-18(9(2)3)16-15-11/h7-9H,4-6H2,1-3H3,(H,14,19,20). The molecule has 7 nitrogen and oxygen atoms in total. The van der Waals surface area contributed by atoms with E-state index in [1.807, 2.05) is 27.0 Å². The minimum atomic E-state index is -0.369. The average molecular weight is 277 g/mol. The van der Waals surface area contributed by atoms with Gasteiger partial charge in [0.1, 0.15) is 0 Å². The van der Waals surface area contributed by atoms with E-state index in [0.29, 0.717) is 24.2 Å². The second kappa shape index (κ2) is 5.85. The van der Waals surface area contributed by atoms with Gasteiger partial charge in [0, 0.05) is 37.0 Å². The third-order valence-electron chi connectivity index (χ3n) is 3.01. The molecule has 0 aromatic carbocycles. The van der Waals surface area contributed by atoms with E-state index >= 15 is 0 Å². The van der Waals surface area contributed by atoms with E-state index in [1.165, 1.54) is 4.57 Å². The van der Waals surface area contributed by atoms with Gasteiger partial charge in [-0.3, -0.25) is 9.78 Å². The molecule has 0 saturated carbocycles. The van der Waals surface area contributed by atoms with Crippen LogP contribution in [0.1, 0.15) is 44.5 Å². The lowest BCUT2D eigenvalue weighted by molar-refractivity contribution is 0.514. The van der Waals surface area contributed by atoms with Crippen molar-refractivity contribution in [3.05, 3.63) is 44.5 Å². The Balaban J connectivity index is 2.30. The third kappa shape index (κ3) is 3.04. The van der Waals surface area contributed by atoms with Gasteiger partial charge in [0.25, 0.3) is 5.56 Å². The van der Waals surface area contributed by atoms with E-state index in [0.717, 1.165) is 6.42 Å². The van der Waals surface area contributed by atoms with Crippen LogP contribution in [0.15, 0.2) is 22.0 Å². The monoisotopic (exact) mass is 277 g/mol. The predicted molar refractivity (Wildman–Crippen MR) is 74.8 cm³/mol. The Kier molecular flexibility index (Phi) is 4.16. The van der Waals surface area contributed by atoms with Gasteiger partial charge in [-0.25, -0.2) is 9.48 Å². The summed E-state index contributed by atoms with van der Waals surface area (Å²) >= 11 is 0. The Labute approximate surface area is 116 Å². The van der Waals surface area contributed by atoms with Gasteiger partial charge >= 0.3 is 5.69 Å². The van der Waals surface area contributed by atoms with Crippen molar-refractivity contribution in [2.24, 2.45) is 0 Å². The quantitative estimate of drug-likeness (QED) is 0.872. The van der Waals surface area contributed by atoms with E-state index in [9.17, 15) is 9.59 Å². The van der Waals surface area contributed by atoms with Gasteiger partial charge in [-0.2, -0.15) is 0 Å². The first-order chi connectivity index (χ1) is 9.51. The molecule has 20 heavy (non-hydrogen) atoms. The van der Waals surface area contributed by atoms with E-state index in [2.05, 4.69) is 15.3 Å². The number of aryl methyl sites for hydroxylation is 1. The predicted octanol–water partition coefficient (Wildman–Crippen LogP) is 0.710. The fourth-order valence-electron chi connectivity index (χ4n) is 1.93. The van der Waals surface area contributed by atoms with Gasteiger partial charge in [-0.15, -0.1) is 5.10 Å². The van der Waals surface area contributed by atoms with E-state index < -0.39 is 0 Å². The van der Waals surface area contributed by atoms with Gasteiger partial charge < -0.3 is 4.57 Å². The van der Waals surface area contributed by atoms with E-state index in [1.54, 1.807) is 10.9 Å². The molecular weight excluding hydrogens is 258 g/mol. The molecule has 0 atom stereocenters. The Morgan fingerprint density at radius 2 is 2.05 bits per heavy atom. The van der Waals surface area contributed by atoms with Crippen molar-refractivity contribution in [3.63, 3.8) is 0 Å². The minimum Gasteiger partial charge on any atom is -0.300 e. The summed E-state index contributed by atoms with van der Waals surface area (Å²) in [5, 5.41) is 8.05. The molecule has 0 saturated heterocycles. The van der Waals surface area contributed by atoms with Crippen molar-refractivity contribution < 1.29 is 0 Å². The minimum absolute atomic E-state index is 0.226. The van der Waals surface area contributed by atoms with Crippen LogP contribution in [0.3, 0.4) is 0 Å². The molecule has 2 heterocycles. The SMILES string of the molecule is CCCn1cc(Cc2cn(C(C)C)nn2)c(=O)[nH]c1=O. The maximum atomic E-state index is 11.8. The zero-order valence-electron chi connectivity index (χ0n) is 12.0. The normalized spacial score (nSPS) is 11.2. The van der Waals surface area contributed by atoms with Crippen LogP contribution in [0.25, 0.3) is 0 Å². The fourth-order valence-corrected chi connectivity index (χ4v) is 1.93. The summed E-state index contributed by atoms with van der Waals surface area (Å²) in [5.41, 5.74) is 0.507. The lowest BCUT2D eigenvalue weighted by Gasteiger charge is -2.05. The highest BCUT2D eigenvalue weighted by atomic mass is 16.2. The smallest absolute Gasteiger partial charge is 0.300 e. The van der Waals surface area contributed by atoms with Crippen LogP contribution in [0.5, 0.6) is 0 Å². The molecule has 0 aliphatic carbocycles. The van der Waals surface area contributed by atoms with Crippen LogP contribution in [0.4, 0.5) is 0 Å². The number of aromatic amines is 1. The van der Waals surface area contributed by atoms with E-state index in [4.69, 9.17) is 0 Å². The largest absolute Gasteiger partial charge is 0.328 e. The first-order valence-electron chi connectivity index (χ1n) is 6.74. The molecule has 0 fully saturated rings. The number of H-pyrrole nitrogens is 1. The number of hydrogen-bond donors (Lipinski definition) is 1. The van der Waals surface area contributed by atoms with E-state index in [-0.39, 0.29) is 17.3 Å². The molecule has 0 aliphatic rings. The molecule has 1 N–H and O–H groups in total. The number of aromatic nitrogens is 5. The first kappa shape index (κ1) is 14.2. The summed E-state index contributed by atoms with van der Waals surface area (Å²) in [6.45, 7) is 6.58. The van der Waals surface area contributed by atoms with Crippen LogP contribution < -0.4 is 11.2 Å². The number of rotatable bonds is 5. The maximum absolute atomic E-state index is 11.8. The Hall–Kier alpha value is -2.18. The van der Waals surface area contributed by atoms with Crippen molar-refractivity contribution >= 4 is 0 Å². The molecule has 2 aromatic heterocycles. The molecular formula is C13H19N5O2. The fraction of sp³-hybridized carbons (Fsp3) is 0.538. The topological polar surface area (TPSA) is 85.6 Å². The lowest BCUT2D eigenvalue weighted by Crippen LogP contribution is -2.31. The third-order valence-corrected chi connectivity index (χ3v) is 3.01. The second-order valence-corrected chi connectivity index (χ2v) is 5.07. The van der Waals surface area contributed by atoms with Gasteiger partial charge in [-0.05, 0) is 20.3 Å². The molecule has 2 rings (SSSR count). The number of nitrogens with zero attached hydrogens (tertiary/aromatic N) is 4. The highest BCUT2D eigenvalue weighted by molar-refractivity contribution is 5.13. The van der Waals surface area contributed by atoms with Crippen molar-refractivity contribution in [2.75, 3.05) is 0 Å². The van der Waals surface area contributed by atoms with Gasteiger partial charge in [0.15, 0.2) is 0 Å². The molecule has 0 radical (unpaired) electrons. The Morgan fingerprint density at radius 1 is 1.30 bits per heavy atom. The lowest BCUT2D eigenvalue weighted by atomic mass is 10.2. The van der Waals surface area contributed by atoms with Crippen molar-refractivity contribution in [2.45, 2.75) is 46.2 Å². The summed E-state index contributed by atoms with van der Waals surface area (Å²) in [7, 11) is 0.